The number of methoxy groups -OCH3 is 1. The van der Waals surface area contributed by atoms with Crippen LogP contribution in [0.15, 0.2) is 48.0 Å². The van der Waals surface area contributed by atoms with Crippen LogP contribution in [0.2, 0.25) is 0 Å². The number of ketones is 1. The highest BCUT2D eigenvalue weighted by molar-refractivity contribution is 6.46. The molecule has 2 aromatic carbocycles. The van der Waals surface area contributed by atoms with Gasteiger partial charge in [-0.05, 0) is 61.7 Å². The van der Waals surface area contributed by atoms with Gasteiger partial charge in [-0.15, -0.1) is 0 Å². The average Bonchev–Trinajstić information content (AvgIpc) is 3.43. The third kappa shape index (κ3) is 4.39. The lowest BCUT2D eigenvalue weighted by Gasteiger charge is -2.28. The summed E-state index contributed by atoms with van der Waals surface area (Å²) in [5, 5.41) is 21.3. The number of benzene rings is 2. The number of rotatable bonds is 7. The molecular weight excluding hydrogens is 426 g/mol. The molecule has 8 nitrogen and oxygen atoms in total. The van der Waals surface area contributed by atoms with Crippen molar-refractivity contribution in [3.8, 4) is 17.2 Å². The van der Waals surface area contributed by atoms with Crippen molar-refractivity contribution >= 4 is 17.4 Å². The maximum atomic E-state index is 13.1. The van der Waals surface area contributed by atoms with E-state index in [1.165, 1.54) is 18.1 Å². The van der Waals surface area contributed by atoms with Crippen LogP contribution in [0.25, 0.3) is 5.76 Å². The smallest absolute Gasteiger partial charge is 0.295 e. The number of likely N-dealkylation sites (tertiary alicyclic amines) is 1. The van der Waals surface area contributed by atoms with Gasteiger partial charge in [0, 0.05) is 18.7 Å². The molecule has 2 aliphatic heterocycles. The van der Waals surface area contributed by atoms with Crippen molar-refractivity contribution in [3.63, 3.8) is 0 Å². The van der Waals surface area contributed by atoms with E-state index in [2.05, 4.69) is 0 Å². The monoisotopic (exact) mass is 453 g/mol. The topological polar surface area (TPSA) is 106 Å². The highest BCUT2D eigenvalue weighted by Crippen LogP contribution is 2.42. The fourth-order valence-electron chi connectivity index (χ4n) is 4.30. The predicted octanol–water partition coefficient (Wildman–Crippen LogP) is 3.40. The molecule has 0 bridgehead atoms. The molecule has 2 aromatic rings. The number of aliphatic hydroxyl groups excluding tert-OH is 1. The van der Waals surface area contributed by atoms with E-state index in [0.717, 1.165) is 12.8 Å². The summed E-state index contributed by atoms with van der Waals surface area (Å²) in [5.41, 5.74) is 0.916. The van der Waals surface area contributed by atoms with E-state index in [1.807, 2.05) is 0 Å². The Balaban J connectivity index is 1.83. The molecule has 0 spiro atoms. The number of ether oxygens (including phenoxy) is 3. The normalized spacial score (nSPS) is 22.1. The second-order valence-electron chi connectivity index (χ2n) is 7.98. The minimum absolute atomic E-state index is 0.0173. The highest BCUT2D eigenvalue weighted by atomic mass is 16.5. The number of carbonyl (C=O) groups excluding carboxylic acids is 2. The van der Waals surface area contributed by atoms with Crippen molar-refractivity contribution in [2.24, 2.45) is 0 Å². The average molecular weight is 453 g/mol. The molecule has 2 saturated heterocycles. The summed E-state index contributed by atoms with van der Waals surface area (Å²) >= 11 is 0. The first-order valence-electron chi connectivity index (χ1n) is 10.9. The van der Waals surface area contributed by atoms with Gasteiger partial charge in [-0.2, -0.15) is 0 Å². The Labute approximate surface area is 192 Å². The van der Waals surface area contributed by atoms with Gasteiger partial charge in [0.25, 0.3) is 11.7 Å². The van der Waals surface area contributed by atoms with E-state index in [-0.39, 0.29) is 35.5 Å². The van der Waals surface area contributed by atoms with Crippen LogP contribution in [0.4, 0.5) is 0 Å². The Morgan fingerprint density at radius 1 is 1.18 bits per heavy atom. The van der Waals surface area contributed by atoms with Crippen LogP contribution in [0.5, 0.6) is 17.2 Å². The highest BCUT2D eigenvalue weighted by Gasteiger charge is 2.47. The number of phenols is 1. The van der Waals surface area contributed by atoms with Crippen LogP contribution in [0, 0.1) is 0 Å². The van der Waals surface area contributed by atoms with E-state index in [9.17, 15) is 19.8 Å². The molecule has 2 aliphatic rings. The van der Waals surface area contributed by atoms with E-state index >= 15 is 0 Å². The number of nitrogens with zero attached hydrogens (tertiary/aromatic N) is 1. The summed E-state index contributed by atoms with van der Waals surface area (Å²) in [7, 11) is 1.53. The van der Waals surface area contributed by atoms with Gasteiger partial charge in [0.15, 0.2) is 11.5 Å². The second kappa shape index (κ2) is 9.54. The zero-order valence-corrected chi connectivity index (χ0v) is 18.6. The molecule has 33 heavy (non-hydrogen) atoms. The molecular formula is C25H27NO7. The fraction of sp³-hybridized carbons (Fsp3) is 0.360. The number of amides is 1. The molecule has 2 unspecified atom stereocenters. The summed E-state index contributed by atoms with van der Waals surface area (Å²) in [6.07, 6.45) is 1.49. The lowest BCUT2D eigenvalue weighted by molar-refractivity contribution is -0.140. The molecule has 0 aromatic heterocycles. The molecule has 1 amide bonds. The lowest BCUT2D eigenvalue weighted by atomic mass is 9.94. The van der Waals surface area contributed by atoms with Gasteiger partial charge in [0.2, 0.25) is 0 Å². The minimum Gasteiger partial charge on any atom is -0.507 e. The number of hydrogen-bond donors (Lipinski definition) is 2. The van der Waals surface area contributed by atoms with Gasteiger partial charge < -0.3 is 29.3 Å². The Bertz CT molecular complexity index is 1070. The van der Waals surface area contributed by atoms with Crippen LogP contribution < -0.4 is 9.47 Å². The number of hydrogen-bond acceptors (Lipinski definition) is 7. The van der Waals surface area contributed by atoms with Crippen molar-refractivity contribution in [2.75, 3.05) is 26.9 Å². The molecule has 174 valence electrons. The molecule has 2 atom stereocenters. The molecule has 8 heteroatoms. The number of phenolic OH excluding ortho intramolecular Hbond substituents is 1. The molecule has 2 heterocycles. The summed E-state index contributed by atoms with van der Waals surface area (Å²) < 4.78 is 16.4. The molecule has 2 N–H and O–H groups in total. The van der Waals surface area contributed by atoms with E-state index in [4.69, 9.17) is 14.2 Å². The summed E-state index contributed by atoms with van der Waals surface area (Å²) in [6, 6.07) is 10.4. The second-order valence-corrected chi connectivity index (χ2v) is 7.98. The van der Waals surface area contributed by atoms with Gasteiger partial charge in [0.1, 0.15) is 11.5 Å². The van der Waals surface area contributed by atoms with Crippen molar-refractivity contribution in [1.82, 2.24) is 4.90 Å². The predicted molar refractivity (Wildman–Crippen MR) is 120 cm³/mol. The Kier molecular flexibility index (Phi) is 6.55. The summed E-state index contributed by atoms with van der Waals surface area (Å²) in [6.45, 7) is 2.95. The fourth-order valence-corrected chi connectivity index (χ4v) is 4.30. The Morgan fingerprint density at radius 3 is 2.58 bits per heavy atom. The SMILES string of the molecule is CCOc1cc(C2/C(=C(\O)c3ccc(OC)cc3)C(=O)C(=O)N2CC2CCCO2)ccc1O. The first-order chi connectivity index (χ1) is 15.9. The molecule has 0 saturated carbocycles. The van der Waals surface area contributed by atoms with E-state index in [1.54, 1.807) is 43.3 Å². The third-order valence-electron chi connectivity index (χ3n) is 5.93. The van der Waals surface area contributed by atoms with Crippen molar-refractivity contribution in [2.45, 2.75) is 31.9 Å². The van der Waals surface area contributed by atoms with Gasteiger partial charge in [0.05, 0.1) is 31.4 Å². The van der Waals surface area contributed by atoms with Crippen LogP contribution in [0.3, 0.4) is 0 Å². The van der Waals surface area contributed by atoms with Gasteiger partial charge in [-0.25, -0.2) is 0 Å². The van der Waals surface area contributed by atoms with Crippen LogP contribution >= 0.6 is 0 Å². The third-order valence-corrected chi connectivity index (χ3v) is 5.93. The number of aliphatic hydroxyl groups is 1. The number of carbonyl (C=O) groups is 2. The number of Topliss-reactive ketones (excluding diaryl/α,β-unsaturated/α-hetero) is 1. The van der Waals surface area contributed by atoms with Crippen LogP contribution in [0.1, 0.15) is 36.9 Å². The van der Waals surface area contributed by atoms with Crippen LogP contribution in [-0.4, -0.2) is 59.8 Å². The van der Waals surface area contributed by atoms with Crippen molar-refractivity contribution in [1.29, 1.82) is 0 Å². The van der Waals surface area contributed by atoms with Crippen molar-refractivity contribution in [3.05, 3.63) is 59.2 Å². The van der Waals surface area contributed by atoms with Gasteiger partial charge in [-0.1, -0.05) is 6.07 Å². The number of aromatic hydroxyl groups is 1. The molecule has 4 rings (SSSR count). The van der Waals surface area contributed by atoms with E-state index in [0.29, 0.717) is 30.1 Å². The minimum atomic E-state index is -0.851. The Hall–Kier alpha value is -3.52. The quantitative estimate of drug-likeness (QED) is 0.376. The standard InChI is InChI=1S/C25H27NO7/c1-3-32-20-13-16(8-11-19(20)27)22-21(23(28)15-6-9-17(31-2)10-7-15)24(29)25(30)26(22)14-18-5-4-12-33-18/h6-11,13,18,22,27-28H,3-5,12,14H2,1-2H3/b23-21+. The maximum Gasteiger partial charge on any atom is 0.295 e. The van der Waals surface area contributed by atoms with E-state index < -0.39 is 17.7 Å². The summed E-state index contributed by atoms with van der Waals surface area (Å²) in [5.74, 6) is -0.952. The molecule has 2 fully saturated rings. The lowest BCUT2D eigenvalue weighted by Crippen LogP contribution is -2.36. The molecule has 0 aliphatic carbocycles. The maximum absolute atomic E-state index is 13.1. The first kappa shape index (κ1) is 22.7. The zero-order chi connectivity index (χ0) is 23.5. The largest absolute Gasteiger partial charge is 0.507 e. The Morgan fingerprint density at radius 2 is 1.94 bits per heavy atom. The van der Waals surface area contributed by atoms with Crippen LogP contribution in [-0.2, 0) is 14.3 Å². The zero-order valence-electron chi connectivity index (χ0n) is 18.6. The first-order valence-corrected chi connectivity index (χ1v) is 10.9. The van der Waals surface area contributed by atoms with Crippen molar-refractivity contribution < 1.29 is 34.0 Å². The summed E-state index contributed by atoms with van der Waals surface area (Å²) in [4.78, 5) is 27.6. The van der Waals surface area contributed by atoms with Gasteiger partial charge >= 0.3 is 0 Å². The van der Waals surface area contributed by atoms with Gasteiger partial charge in [-0.3, -0.25) is 9.59 Å². The molecule has 0 radical (unpaired) electrons.